The number of anilines is 1. The Morgan fingerprint density at radius 2 is 2.29 bits per heavy atom. The van der Waals surface area contributed by atoms with Gasteiger partial charge in [0.15, 0.2) is 0 Å². The first-order chi connectivity index (χ1) is 10.1. The maximum absolute atomic E-state index is 11.9. The molecule has 2 aromatic rings. The second-order valence-corrected chi connectivity index (χ2v) is 6.47. The van der Waals surface area contributed by atoms with Crippen LogP contribution in [0.1, 0.15) is 25.8 Å². The first-order valence-corrected chi connectivity index (χ1v) is 7.86. The summed E-state index contributed by atoms with van der Waals surface area (Å²) >= 11 is 1.85. The predicted molar refractivity (Wildman–Crippen MR) is 85.4 cm³/mol. The molecule has 0 saturated carbocycles. The van der Waals surface area contributed by atoms with Crippen molar-refractivity contribution >= 4 is 23.4 Å². The van der Waals surface area contributed by atoms with E-state index in [1.54, 1.807) is 0 Å². The summed E-state index contributed by atoms with van der Waals surface area (Å²) < 4.78 is 1.50. The van der Waals surface area contributed by atoms with Gasteiger partial charge < -0.3 is 5.32 Å². The summed E-state index contributed by atoms with van der Waals surface area (Å²) in [4.78, 5) is 17.0. The highest BCUT2D eigenvalue weighted by atomic mass is 32.2. The van der Waals surface area contributed by atoms with Gasteiger partial charge in [0, 0.05) is 15.8 Å². The minimum atomic E-state index is -0.106. The van der Waals surface area contributed by atoms with E-state index in [2.05, 4.69) is 41.4 Å². The van der Waals surface area contributed by atoms with E-state index in [0.29, 0.717) is 5.25 Å². The average Bonchev–Trinajstić information content (AvgIpc) is 2.94. The Hall–Kier alpha value is -1.82. The lowest BCUT2D eigenvalue weighted by Gasteiger charge is -2.12. The smallest absolute Gasteiger partial charge is 0.246 e. The SMILES string of the molecule is CCC(C)Sc1ccc(NC(=O)Cn2cncn2)c(C)c1. The monoisotopic (exact) mass is 304 g/mol. The van der Waals surface area contributed by atoms with Crippen molar-refractivity contribution in [1.29, 1.82) is 0 Å². The maximum atomic E-state index is 11.9. The van der Waals surface area contributed by atoms with E-state index in [1.807, 2.05) is 24.8 Å². The van der Waals surface area contributed by atoms with Crippen LogP contribution in [-0.2, 0) is 11.3 Å². The summed E-state index contributed by atoms with van der Waals surface area (Å²) in [6.07, 6.45) is 4.08. The Balaban J connectivity index is 1.98. The number of hydrogen-bond donors (Lipinski definition) is 1. The van der Waals surface area contributed by atoms with Crippen molar-refractivity contribution in [2.24, 2.45) is 0 Å². The predicted octanol–water partition coefficient (Wildman–Crippen LogP) is 3.12. The van der Waals surface area contributed by atoms with Gasteiger partial charge in [0.05, 0.1) is 0 Å². The molecule has 0 bridgehead atoms. The number of nitrogens with zero attached hydrogens (tertiary/aromatic N) is 3. The molecular weight excluding hydrogens is 284 g/mol. The van der Waals surface area contributed by atoms with Crippen LogP contribution >= 0.6 is 11.8 Å². The summed E-state index contributed by atoms with van der Waals surface area (Å²) in [5, 5.41) is 7.42. The molecule has 0 spiro atoms. The third-order valence-corrected chi connectivity index (χ3v) is 4.42. The normalized spacial score (nSPS) is 12.1. The number of benzene rings is 1. The molecule has 1 atom stereocenters. The fourth-order valence-electron chi connectivity index (χ4n) is 1.82. The molecule has 5 nitrogen and oxygen atoms in total. The standard InChI is InChI=1S/C15H20N4OS/c1-4-12(3)21-13-5-6-14(11(2)7-13)18-15(20)8-19-10-16-9-17-19/h5-7,9-10,12H,4,8H2,1-3H3,(H,18,20). The van der Waals surface area contributed by atoms with Gasteiger partial charge in [-0.15, -0.1) is 11.8 Å². The molecule has 0 aliphatic rings. The third-order valence-electron chi connectivity index (χ3n) is 3.16. The number of carbonyl (C=O) groups excluding carboxylic acids is 1. The van der Waals surface area contributed by atoms with Crippen LogP contribution in [0, 0.1) is 6.92 Å². The van der Waals surface area contributed by atoms with Crippen LogP contribution in [0.15, 0.2) is 35.7 Å². The lowest BCUT2D eigenvalue weighted by molar-refractivity contribution is -0.116. The largest absolute Gasteiger partial charge is 0.324 e. The first-order valence-electron chi connectivity index (χ1n) is 6.98. The summed E-state index contributed by atoms with van der Waals surface area (Å²) in [7, 11) is 0. The van der Waals surface area contributed by atoms with Crippen LogP contribution in [0.3, 0.4) is 0 Å². The molecule has 112 valence electrons. The van der Waals surface area contributed by atoms with Gasteiger partial charge in [-0.3, -0.25) is 4.79 Å². The number of aryl methyl sites for hydroxylation is 1. The van der Waals surface area contributed by atoms with E-state index in [1.165, 1.54) is 22.2 Å². The van der Waals surface area contributed by atoms with Crippen molar-refractivity contribution in [2.45, 2.75) is 43.9 Å². The van der Waals surface area contributed by atoms with E-state index in [4.69, 9.17) is 0 Å². The Bertz CT molecular complexity index is 598. The second kappa shape index (κ2) is 7.26. The zero-order valence-electron chi connectivity index (χ0n) is 12.5. The Kier molecular flexibility index (Phi) is 5.38. The van der Waals surface area contributed by atoms with Gasteiger partial charge in [0.2, 0.25) is 5.91 Å². The van der Waals surface area contributed by atoms with Crippen molar-refractivity contribution in [2.75, 3.05) is 5.32 Å². The van der Waals surface area contributed by atoms with Gasteiger partial charge in [0.1, 0.15) is 19.2 Å². The molecule has 1 aromatic carbocycles. The van der Waals surface area contributed by atoms with Gasteiger partial charge in [-0.25, -0.2) is 9.67 Å². The van der Waals surface area contributed by atoms with Crippen LogP contribution in [-0.4, -0.2) is 25.9 Å². The molecule has 1 unspecified atom stereocenters. The Morgan fingerprint density at radius 3 is 2.90 bits per heavy atom. The molecule has 2 rings (SSSR count). The van der Waals surface area contributed by atoms with Crippen molar-refractivity contribution < 1.29 is 4.79 Å². The first kappa shape index (κ1) is 15.6. The quantitative estimate of drug-likeness (QED) is 0.833. The lowest BCUT2D eigenvalue weighted by atomic mass is 10.2. The highest BCUT2D eigenvalue weighted by molar-refractivity contribution is 7.99. The van der Waals surface area contributed by atoms with Crippen molar-refractivity contribution in [3.05, 3.63) is 36.4 Å². The van der Waals surface area contributed by atoms with Crippen LogP contribution < -0.4 is 5.32 Å². The summed E-state index contributed by atoms with van der Waals surface area (Å²) in [5.41, 5.74) is 1.91. The van der Waals surface area contributed by atoms with Gasteiger partial charge in [-0.2, -0.15) is 5.10 Å². The maximum Gasteiger partial charge on any atom is 0.246 e. The van der Waals surface area contributed by atoms with E-state index in [9.17, 15) is 4.79 Å². The fraction of sp³-hybridized carbons (Fsp3) is 0.400. The topological polar surface area (TPSA) is 59.8 Å². The second-order valence-electron chi connectivity index (χ2n) is 4.95. The molecule has 6 heteroatoms. The molecule has 1 heterocycles. The molecule has 0 fully saturated rings. The van der Waals surface area contributed by atoms with Crippen LogP contribution in [0.5, 0.6) is 0 Å². The summed E-state index contributed by atoms with van der Waals surface area (Å²) in [6.45, 7) is 6.58. The number of amides is 1. The molecule has 0 aliphatic carbocycles. The minimum Gasteiger partial charge on any atom is -0.324 e. The highest BCUT2D eigenvalue weighted by Crippen LogP contribution is 2.28. The van der Waals surface area contributed by atoms with E-state index < -0.39 is 0 Å². The summed E-state index contributed by atoms with van der Waals surface area (Å²) in [5.74, 6) is -0.106. The van der Waals surface area contributed by atoms with Crippen molar-refractivity contribution in [3.63, 3.8) is 0 Å². The van der Waals surface area contributed by atoms with E-state index in [0.717, 1.165) is 17.7 Å². The molecule has 0 saturated heterocycles. The van der Waals surface area contributed by atoms with Crippen molar-refractivity contribution in [1.82, 2.24) is 14.8 Å². The van der Waals surface area contributed by atoms with Gasteiger partial charge >= 0.3 is 0 Å². The van der Waals surface area contributed by atoms with Crippen LogP contribution in [0.25, 0.3) is 0 Å². The number of carbonyl (C=O) groups is 1. The van der Waals surface area contributed by atoms with E-state index >= 15 is 0 Å². The van der Waals surface area contributed by atoms with Gasteiger partial charge in [-0.05, 0) is 37.1 Å². The summed E-state index contributed by atoms with van der Waals surface area (Å²) in [6, 6.07) is 6.12. The Morgan fingerprint density at radius 1 is 1.48 bits per heavy atom. The van der Waals surface area contributed by atoms with Crippen LogP contribution in [0.2, 0.25) is 0 Å². The molecule has 1 N–H and O–H groups in total. The average molecular weight is 304 g/mol. The number of aromatic nitrogens is 3. The fourth-order valence-corrected chi connectivity index (χ4v) is 2.84. The van der Waals surface area contributed by atoms with Crippen molar-refractivity contribution in [3.8, 4) is 0 Å². The number of nitrogens with one attached hydrogen (secondary N) is 1. The number of rotatable bonds is 6. The third kappa shape index (κ3) is 4.60. The molecule has 1 aromatic heterocycles. The molecule has 0 aliphatic heterocycles. The zero-order valence-corrected chi connectivity index (χ0v) is 13.4. The van der Waals surface area contributed by atoms with Gasteiger partial charge in [-0.1, -0.05) is 13.8 Å². The number of hydrogen-bond acceptors (Lipinski definition) is 4. The molecule has 21 heavy (non-hydrogen) atoms. The molecule has 0 radical (unpaired) electrons. The zero-order chi connectivity index (χ0) is 15.2. The van der Waals surface area contributed by atoms with Crippen LogP contribution in [0.4, 0.5) is 5.69 Å². The Labute approximate surface area is 129 Å². The molecular formula is C15H20N4OS. The molecule has 1 amide bonds. The minimum absolute atomic E-state index is 0.106. The highest BCUT2D eigenvalue weighted by Gasteiger charge is 2.08. The lowest BCUT2D eigenvalue weighted by Crippen LogP contribution is -2.19. The van der Waals surface area contributed by atoms with Gasteiger partial charge in [0.25, 0.3) is 0 Å². The van der Waals surface area contributed by atoms with E-state index in [-0.39, 0.29) is 12.5 Å². The number of thioether (sulfide) groups is 1.